The monoisotopic (exact) mass is 372 g/mol. The van der Waals surface area contributed by atoms with Crippen LogP contribution in [0.5, 0.6) is 0 Å². The van der Waals surface area contributed by atoms with E-state index in [0.717, 1.165) is 5.69 Å². The topological polar surface area (TPSA) is 162 Å². The van der Waals surface area contributed by atoms with Crippen LogP contribution in [0.4, 0.5) is 0 Å². The highest BCUT2D eigenvalue weighted by molar-refractivity contribution is 7.72. The van der Waals surface area contributed by atoms with E-state index in [-0.39, 0.29) is 12.1 Å². The van der Waals surface area contributed by atoms with E-state index in [1.165, 1.54) is 9.13 Å². The lowest BCUT2D eigenvalue weighted by molar-refractivity contribution is 0.120. The maximum atomic E-state index is 11.7. The van der Waals surface area contributed by atoms with Crippen LogP contribution in [-0.2, 0) is 29.6 Å². The van der Waals surface area contributed by atoms with Crippen molar-refractivity contribution in [2.45, 2.75) is 37.7 Å². The third-order valence-electron chi connectivity index (χ3n) is 4.01. The second kappa shape index (κ2) is 6.64. The molecule has 0 bridgehead atoms. The smallest absolute Gasteiger partial charge is 0.368 e. The first-order chi connectivity index (χ1) is 10.2. The lowest BCUT2D eigenvalue weighted by Crippen LogP contribution is -2.28. The molecule has 0 unspecified atom stereocenters. The van der Waals surface area contributed by atoms with Crippen molar-refractivity contribution in [1.29, 1.82) is 0 Å². The molecule has 0 atom stereocenters. The number of rotatable bonds is 7. The van der Waals surface area contributed by atoms with Gasteiger partial charge in [-0.15, -0.1) is 0 Å². The molecule has 1 rings (SSSR count). The first-order valence-corrected chi connectivity index (χ1v) is 10.0. The highest BCUT2D eigenvalue weighted by Gasteiger charge is 2.58. The molecule has 23 heavy (non-hydrogen) atoms. The van der Waals surface area contributed by atoms with Crippen molar-refractivity contribution in [3.8, 4) is 0 Å². The first kappa shape index (κ1) is 20.3. The fourth-order valence-electron chi connectivity index (χ4n) is 2.38. The molecule has 0 spiro atoms. The summed E-state index contributed by atoms with van der Waals surface area (Å²) in [6.45, 7) is 1.75. The molecule has 0 saturated heterocycles. The van der Waals surface area contributed by atoms with Crippen molar-refractivity contribution in [2.24, 2.45) is 14.1 Å². The molecular formula is C11H22N2O8P2. The van der Waals surface area contributed by atoms with E-state index < -0.39 is 26.7 Å². The Bertz CT molecular complexity index is 703. The van der Waals surface area contributed by atoms with Crippen molar-refractivity contribution in [3.05, 3.63) is 21.9 Å². The van der Waals surface area contributed by atoms with Crippen molar-refractivity contribution in [2.75, 3.05) is 0 Å². The van der Waals surface area contributed by atoms with Gasteiger partial charge in [0, 0.05) is 25.5 Å². The number of hydrogen-bond donors (Lipinski definition) is 5. The van der Waals surface area contributed by atoms with Crippen molar-refractivity contribution in [1.82, 2.24) is 9.13 Å². The van der Waals surface area contributed by atoms with Gasteiger partial charge in [-0.1, -0.05) is 0 Å². The van der Waals surface area contributed by atoms with Crippen LogP contribution < -0.4 is 5.69 Å². The van der Waals surface area contributed by atoms with Gasteiger partial charge in [0.1, 0.15) is 0 Å². The van der Waals surface area contributed by atoms with Gasteiger partial charge in [0.2, 0.25) is 0 Å². The zero-order chi connectivity index (χ0) is 18.2. The summed E-state index contributed by atoms with van der Waals surface area (Å²) in [6.07, 6.45) is -0.117. The average molecular weight is 372 g/mol. The second-order valence-electron chi connectivity index (χ2n) is 5.50. The van der Waals surface area contributed by atoms with Crippen LogP contribution in [-0.4, -0.2) is 38.9 Å². The Morgan fingerprint density at radius 1 is 1.00 bits per heavy atom. The number of unbranched alkanes of at least 4 members (excludes halogenated alkanes) is 1. The quantitative estimate of drug-likeness (QED) is 0.323. The Kier molecular flexibility index (Phi) is 5.87. The van der Waals surface area contributed by atoms with Crippen molar-refractivity contribution >= 4 is 15.2 Å². The van der Waals surface area contributed by atoms with E-state index in [4.69, 9.17) is 19.6 Å². The Labute approximate surface area is 132 Å². The summed E-state index contributed by atoms with van der Waals surface area (Å²) in [5.41, 5.74) is 1.24. The Morgan fingerprint density at radius 3 is 1.83 bits per heavy atom. The fourth-order valence-corrected chi connectivity index (χ4v) is 4.64. The molecule has 0 aromatic carbocycles. The molecule has 0 amide bonds. The average Bonchev–Trinajstić information content (AvgIpc) is 2.57. The molecule has 5 N–H and O–H groups in total. The van der Waals surface area contributed by atoms with E-state index in [9.17, 15) is 19.0 Å². The summed E-state index contributed by atoms with van der Waals surface area (Å²) in [5, 5.41) is 6.38. The van der Waals surface area contributed by atoms with Crippen LogP contribution in [0.25, 0.3) is 0 Å². The van der Waals surface area contributed by atoms with Crippen LogP contribution in [0.15, 0.2) is 4.79 Å². The van der Waals surface area contributed by atoms with Crippen LogP contribution >= 0.6 is 15.2 Å². The van der Waals surface area contributed by atoms with Crippen LogP contribution in [0.1, 0.15) is 30.7 Å². The number of nitrogens with zero attached hydrogens (tertiary/aromatic N) is 2. The summed E-state index contributed by atoms with van der Waals surface area (Å²) in [6, 6.07) is 0. The second-order valence-corrected chi connectivity index (χ2v) is 9.51. The largest absolute Gasteiger partial charge is 0.369 e. The minimum Gasteiger partial charge on any atom is -0.368 e. The molecule has 1 aromatic rings. The summed E-state index contributed by atoms with van der Waals surface area (Å²) in [4.78, 5) is 47.9. The van der Waals surface area contributed by atoms with Gasteiger partial charge in [-0.3, -0.25) is 18.3 Å². The first-order valence-electron chi connectivity index (χ1n) is 6.79. The Balaban J connectivity index is 2.81. The Hall–Kier alpha value is -0.730. The highest BCUT2D eigenvalue weighted by Crippen LogP contribution is 2.69. The van der Waals surface area contributed by atoms with E-state index in [2.05, 4.69) is 0 Å². The van der Waals surface area contributed by atoms with Crippen molar-refractivity contribution < 1.29 is 33.8 Å². The maximum Gasteiger partial charge on any atom is 0.369 e. The predicted octanol–water partition coefficient (Wildman–Crippen LogP) is -0.253. The molecule has 0 aliphatic carbocycles. The molecule has 0 radical (unpaired) electrons. The highest BCUT2D eigenvalue weighted by atomic mass is 31.2. The zero-order valence-electron chi connectivity index (χ0n) is 13.1. The van der Waals surface area contributed by atoms with E-state index >= 15 is 0 Å². The molecule has 0 fully saturated rings. The molecule has 10 nitrogen and oxygen atoms in total. The van der Waals surface area contributed by atoms with Gasteiger partial charge in [0.05, 0.1) is 0 Å². The fraction of sp³-hybridized carbons (Fsp3) is 0.727. The third-order valence-corrected chi connectivity index (χ3v) is 7.88. The van der Waals surface area contributed by atoms with Crippen LogP contribution in [0.3, 0.4) is 0 Å². The number of imidazole rings is 1. The summed E-state index contributed by atoms with van der Waals surface area (Å²) >= 11 is 0. The van der Waals surface area contributed by atoms with E-state index in [1.807, 2.05) is 0 Å². The SMILES string of the molecule is Cc1c(CCCCC(O)(P(=O)(O)O)P(=O)(O)O)n(C)c(=O)n1C. The molecule has 0 aliphatic rings. The van der Waals surface area contributed by atoms with Gasteiger partial charge in [-0.2, -0.15) is 0 Å². The zero-order valence-corrected chi connectivity index (χ0v) is 14.9. The van der Waals surface area contributed by atoms with Gasteiger partial charge in [0.25, 0.3) is 5.08 Å². The number of aliphatic hydroxyl groups is 1. The number of aromatic nitrogens is 2. The maximum absolute atomic E-state index is 11.7. The van der Waals surface area contributed by atoms with Crippen LogP contribution in [0, 0.1) is 6.92 Å². The normalized spacial score (nSPS) is 13.6. The van der Waals surface area contributed by atoms with E-state index in [0.29, 0.717) is 18.5 Å². The van der Waals surface area contributed by atoms with Gasteiger partial charge < -0.3 is 24.7 Å². The van der Waals surface area contributed by atoms with Crippen molar-refractivity contribution in [3.63, 3.8) is 0 Å². The van der Waals surface area contributed by atoms with Gasteiger partial charge in [-0.05, 0) is 32.6 Å². The third kappa shape index (κ3) is 3.85. The van der Waals surface area contributed by atoms with Gasteiger partial charge in [0.15, 0.2) is 0 Å². The summed E-state index contributed by atoms with van der Waals surface area (Å²) < 4.78 is 25.3. The molecule has 0 aliphatic heterocycles. The van der Waals surface area contributed by atoms with E-state index in [1.54, 1.807) is 21.0 Å². The lowest BCUT2D eigenvalue weighted by Gasteiger charge is -2.29. The Morgan fingerprint density at radius 2 is 1.48 bits per heavy atom. The molecule has 1 aromatic heterocycles. The molecule has 0 saturated carbocycles. The summed E-state index contributed by atoms with van der Waals surface area (Å²) in [7, 11) is -7.62. The minimum atomic E-state index is -5.41. The molecule has 1 heterocycles. The lowest BCUT2D eigenvalue weighted by atomic mass is 10.1. The summed E-state index contributed by atoms with van der Waals surface area (Å²) in [5.74, 6) is 0. The standard InChI is InChI=1S/C11H22N2O8P2/c1-8-9(13(3)10(14)12(8)2)6-4-5-7-11(15,22(16,17)18)23(19,20)21/h15H,4-7H2,1-3H3,(H2,16,17,18)(H2,19,20,21). The number of hydrogen-bond acceptors (Lipinski definition) is 4. The molecular weight excluding hydrogens is 350 g/mol. The van der Waals surface area contributed by atoms with Crippen LogP contribution in [0.2, 0.25) is 0 Å². The molecule has 12 heteroatoms. The van der Waals surface area contributed by atoms with Gasteiger partial charge >= 0.3 is 20.9 Å². The minimum absolute atomic E-state index is 0.0325. The predicted molar refractivity (Wildman–Crippen MR) is 82.0 cm³/mol. The van der Waals surface area contributed by atoms with Gasteiger partial charge in [-0.25, -0.2) is 4.79 Å². The molecule has 134 valence electrons.